The number of phenols is 1. The average molecular weight is 362 g/mol. The molecule has 5 nitrogen and oxygen atoms in total. The molecule has 0 aliphatic rings. The van der Waals surface area contributed by atoms with Crippen LogP contribution in [0.3, 0.4) is 0 Å². The predicted octanol–water partition coefficient (Wildman–Crippen LogP) is 4.60. The predicted molar refractivity (Wildman–Crippen MR) is 103 cm³/mol. The topological polar surface area (TPSA) is 65.0 Å². The van der Waals surface area contributed by atoms with Gasteiger partial charge in [0.1, 0.15) is 22.8 Å². The monoisotopic (exact) mass is 362 g/mol. The van der Waals surface area contributed by atoms with Crippen LogP contribution in [0.25, 0.3) is 0 Å². The first-order valence-corrected chi connectivity index (χ1v) is 8.58. The van der Waals surface area contributed by atoms with Crippen LogP contribution in [-0.2, 0) is 17.6 Å². The quantitative estimate of drug-likeness (QED) is 0.395. The Hall–Kier alpha value is -2.27. The van der Waals surface area contributed by atoms with Gasteiger partial charge in [0.2, 0.25) is 0 Å². The number of ether oxygens (including phenoxy) is 3. The average Bonchev–Trinajstić information content (AvgIpc) is 2.56. The van der Waals surface area contributed by atoms with E-state index in [4.69, 9.17) is 14.2 Å². The van der Waals surface area contributed by atoms with E-state index in [1.807, 2.05) is 39.8 Å². The third-order valence-electron chi connectivity index (χ3n) is 3.88. The van der Waals surface area contributed by atoms with Crippen LogP contribution in [0.2, 0.25) is 0 Å². The smallest absolute Gasteiger partial charge is 0.188 e. The number of hydrogen-bond acceptors (Lipinski definition) is 5. The van der Waals surface area contributed by atoms with Gasteiger partial charge in [0.25, 0.3) is 0 Å². The summed E-state index contributed by atoms with van der Waals surface area (Å²) in [5.74, 6) is 0.495. The van der Waals surface area contributed by atoms with Gasteiger partial charge in [0.15, 0.2) is 12.6 Å². The fourth-order valence-electron chi connectivity index (χ4n) is 2.63. The molecule has 0 aliphatic heterocycles. The molecule has 1 rings (SSSR count). The Labute approximate surface area is 156 Å². The van der Waals surface area contributed by atoms with E-state index in [0.717, 1.165) is 16.7 Å². The third kappa shape index (κ3) is 5.36. The number of methoxy groups -OCH3 is 2. The van der Waals surface area contributed by atoms with E-state index in [0.29, 0.717) is 29.9 Å². The first-order valence-electron chi connectivity index (χ1n) is 8.58. The molecule has 1 aromatic carbocycles. The lowest BCUT2D eigenvalue weighted by atomic mass is 9.93. The van der Waals surface area contributed by atoms with Crippen molar-refractivity contribution in [3.05, 3.63) is 40.0 Å². The summed E-state index contributed by atoms with van der Waals surface area (Å²) in [6, 6.07) is 0. The molecule has 0 atom stereocenters. The number of hydrogen-bond donors (Lipinski definition) is 1. The lowest BCUT2D eigenvalue weighted by Gasteiger charge is -2.21. The lowest BCUT2D eigenvalue weighted by molar-refractivity contribution is 0.0495. The number of carbonyl (C=O) groups is 1. The second-order valence-corrected chi connectivity index (χ2v) is 6.62. The minimum absolute atomic E-state index is 0.0334. The molecule has 0 bridgehead atoms. The van der Waals surface area contributed by atoms with Crippen LogP contribution in [0.4, 0.5) is 0 Å². The summed E-state index contributed by atoms with van der Waals surface area (Å²) in [7, 11) is 3.02. The molecule has 144 valence electrons. The lowest BCUT2D eigenvalue weighted by Crippen LogP contribution is -2.10. The molecule has 0 radical (unpaired) electrons. The highest BCUT2D eigenvalue weighted by Crippen LogP contribution is 2.44. The van der Waals surface area contributed by atoms with Gasteiger partial charge in [-0.15, -0.1) is 0 Å². The van der Waals surface area contributed by atoms with Gasteiger partial charge in [-0.25, -0.2) is 0 Å². The summed E-state index contributed by atoms with van der Waals surface area (Å²) in [5.41, 5.74) is 3.71. The number of allylic oxidation sites excluding steroid dienone is 4. The Balaban J connectivity index is 3.80. The molecule has 0 amide bonds. The van der Waals surface area contributed by atoms with Crippen molar-refractivity contribution in [3.8, 4) is 17.2 Å². The SMILES string of the molecule is COCOc1c(CC=C(C)C)c(O)c(C(C)=O)c(OC)c1CC=C(C)C. The van der Waals surface area contributed by atoms with Gasteiger partial charge in [-0.05, 0) is 47.5 Å². The van der Waals surface area contributed by atoms with Crippen LogP contribution in [0.5, 0.6) is 17.2 Å². The standard InChI is InChI=1S/C21H30O5/c1-13(2)8-10-16-19(23)18(15(5)22)21(25-7)17(11-9-14(3)4)20(16)26-12-24-6/h8-9,23H,10-12H2,1-7H3. The van der Waals surface area contributed by atoms with Crippen molar-refractivity contribution in [3.63, 3.8) is 0 Å². The van der Waals surface area contributed by atoms with Crippen LogP contribution >= 0.6 is 0 Å². The van der Waals surface area contributed by atoms with Crippen molar-refractivity contribution < 1.29 is 24.1 Å². The maximum atomic E-state index is 12.2. The van der Waals surface area contributed by atoms with Crippen molar-refractivity contribution in [2.75, 3.05) is 21.0 Å². The fraction of sp³-hybridized carbons (Fsp3) is 0.476. The number of Topliss-reactive ketones (excluding diaryl/α,β-unsaturated/α-hetero) is 1. The molecule has 0 saturated carbocycles. The highest BCUT2D eigenvalue weighted by Gasteiger charge is 2.27. The summed E-state index contributed by atoms with van der Waals surface area (Å²) in [6.45, 7) is 9.41. The Bertz CT molecular complexity index is 706. The van der Waals surface area contributed by atoms with Crippen LogP contribution in [0.1, 0.15) is 56.1 Å². The van der Waals surface area contributed by atoms with E-state index < -0.39 is 0 Å². The maximum Gasteiger partial charge on any atom is 0.188 e. The summed E-state index contributed by atoms with van der Waals surface area (Å²) in [4.78, 5) is 12.2. The Morgan fingerprint density at radius 3 is 1.88 bits per heavy atom. The normalized spacial score (nSPS) is 10.3. The zero-order valence-corrected chi connectivity index (χ0v) is 16.9. The minimum Gasteiger partial charge on any atom is -0.507 e. The first-order chi connectivity index (χ1) is 12.2. The van der Waals surface area contributed by atoms with Crippen LogP contribution in [0.15, 0.2) is 23.3 Å². The zero-order valence-electron chi connectivity index (χ0n) is 16.9. The van der Waals surface area contributed by atoms with Crippen LogP contribution in [-0.4, -0.2) is 31.9 Å². The number of aromatic hydroxyl groups is 1. The van der Waals surface area contributed by atoms with Gasteiger partial charge in [0.05, 0.1) is 7.11 Å². The molecule has 0 fully saturated rings. The Morgan fingerprint density at radius 1 is 0.923 bits per heavy atom. The molecular formula is C21H30O5. The number of phenolic OH excluding ortho intramolecular Hbond substituents is 1. The fourth-order valence-corrected chi connectivity index (χ4v) is 2.63. The third-order valence-corrected chi connectivity index (χ3v) is 3.88. The van der Waals surface area contributed by atoms with Gasteiger partial charge in [-0.3, -0.25) is 4.79 Å². The van der Waals surface area contributed by atoms with Gasteiger partial charge in [-0.1, -0.05) is 23.3 Å². The maximum absolute atomic E-state index is 12.2. The molecule has 0 heterocycles. The van der Waals surface area contributed by atoms with E-state index in [1.54, 1.807) is 0 Å². The molecule has 26 heavy (non-hydrogen) atoms. The molecule has 1 N–H and O–H groups in total. The summed E-state index contributed by atoms with van der Waals surface area (Å²) in [6.07, 6.45) is 4.98. The molecule has 5 heteroatoms. The van der Waals surface area contributed by atoms with Crippen molar-refractivity contribution >= 4 is 5.78 Å². The molecule has 0 unspecified atom stereocenters. The van der Waals surface area contributed by atoms with Crippen molar-refractivity contribution in [2.45, 2.75) is 47.5 Å². The molecule has 0 spiro atoms. The number of rotatable bonds is 9. The summed E-state index contributed by atoms with van der Waals surface area (Å²) < 4.78 is 16.4. The Morgan fingerprint density at radius 2 is 1.46 bits per heavy atom. The van der Waals surface area contributed by atoms with Gasteiger partial charge < -0.3 is 19.3 Å². The minimum atomic E-state index is -0.255. The van der Waals surface area contributed by atoms with E-state index in [-0.39, 0.29) is 23.9 Å². The Kier molecular flexibility index (Phi) is 8.39. The van der Waals surface area contributed by atoms with Crippen molar-refractivity contribution in [1.29, 1.82) is 0 Å². The number of carbonyl (C=O) groups excluding carboxylic acids is 1. The second kappa shape index (κ2) is 10.0. The van der Waals surface area contributed by atoms with E-state index in [2.05, 4.69) is 0 Å². The van der Waals surface area contributed by atoms with E-state index >= 15 is 0 Å². The van der Waals surface area contributed by atoms with E-state index in [9.17, 15) is 9.90 Å². The van der Waals surface area contributed by atoms with E-state index in [1.165, 1.54) is 21.1 Å². The number of benzene rings is 1. The zero-order chi connectivity index (χ0) is 19.9. The van der Waals surface area contributed by atoms with Crippen LogP contribution < -0.4 is 9.47 Å². The first kappa shape index (κ1) is 21.8. The number of ketones is 1. The molecule has 0 aliphatic carbocycles. The molecule has 0 aromatic heterocycles. The molecular weight excluding hydrogens is 332 g/mol. The van der Waals surface area contributed by atoms with Crippen LogP contribution in [0, 0.1) is 0 Å². The molecule has 1 aromatic rings. The van der Waals surface area contributed by atoms with Gasteiger partial charge in [-0.2, -0.15) is 0 Å². The largest absolute Gasteiger partial charge is 0.507 e. The second-order valence-electron chi connectivity index (χ2n) is 6.62. The van der Waals surface area contributed by atoms with Crippen molar-refractivity contribution in [2.24, 2.45) is 0 Å². The van der Waals surface area contributed by atoms with Gasteiger partial charge in [0, 0.05) is 18.2 Å². The van der Waals surface area contributed by atoms with Gasteiger partial charge >= 0.3 is 0 Å². The highest BCUT2D eigenvalue weighted by atomic mass is 16.7. The highest BCUT2D eigenvalue weighted by molar-refractivity contribution is 6.01. The summed E-state index contributed by atoms with van der Waals surface area (Å²) >= 11 is 0. The molecule has 0 saturated heterocycles. The van der Waals surface area contributed by atoms with Crippen molar-refractivity contribution in [1.82, 2.24) is 0 Å². The summed E-state index contributed by atoms with van der Waals surface area (Å²) in [5, 5.41) is 10.8.